The molecule has 174 valence electrons. The van der Waals surface area contributed by atoms with Crippen LogP contribution >= 0.6 is 0 Å². The second-order valence-corrected chi connectivity index (χ2v) is 9.24. The van der Waals surface area contributed by atoms with Gasteiger partial charge in [-0.25, -0.2) is 0 Å². The van der Waals surface area contributed by atoms with Crippen molar-refractivity contribution in [3.8, 4) is 0 Å². The minimum Gasteiger partial charge on any atom is -0.392 e. The summed E-state index contributed by atoms with van der Waals surface area (Å²) < 4.78 is 0. The van der Waals surface area contributed by atoms with E-state index in [1.54, 1.807) is 6.08 Å². The zero-order valence-corrected chi connectivity index (χ0v) is 18.9. The van der Waals surface area contributed by atoms with Crippen LogP contribution < -0.4 is 5.32 Å². The average Bonchev–Trinajstić information content (AvgIpc) is 3.58. The molecule has 0 bridgehead atoms. The van der Waals surface area contributed by atoms with Crippen LogP contribution in [0.2, 0.25) is 0 Å². The van der Waals surface area contributed by atoms with E-state index in [9.17, 15) is 19.8 Å². The summed E-state index contributed by atoms with van der Waals surface area (Å²) in [5.41, 5.74) is 1.18. The molecule has 2 saturated carbocycles. The lowest BCUT2D eigenvalue weighted by molar-refractivity contribution is -0.121. The molecular weight excluding hydrogens is 402 g/mol. The maximum absolute atomic E-state index is 12.3. The molecule has 3 rings (SSSR count). The van der Waals surface area contributed by atoms with Gasteiger partial charge in [-0.1, -0.05) is 54.6 Å². The molecule has 0 aromatic heterocycles. The second kappa shape index (κ2) is 12.7. The van der Waals surface area contributed by atoms with E-state index in [4.69, 9.17) is 0 Å². The van der Waals surface area contributed by atoms with Crippen LogP contribution in [-0.4, -0.2) is 40.7 Å². The van der Waals surface area contributed by atoms with Crippen molar-refractivity contribution >= 4 is 11.7 Å². The van der Waals surface area contributed by atoms with E-state index in [1.165, 1.54) is 18.4 Å². The molecule has 4 atom stereocenters. The third kappa shape index (κ3) is 8.36. The minimum atomic E-state index is -0.686. The molecule has 2 aliphatic carbocycles. The van der Waals surface area contributed by atoms with Crippen LogP contribution in [0.1, 0.15) is 56.9 Å². The third-order valence-electron chi connectivity index (χ3n) is 6.48. The molecule has 1 amide bonds. The first kappa shape index (κ1) is 24.4. The fourth-order valence-electron chi connectivity index (χ4n) is 4.25. The molecular formula is C27H37NO4. The van der Waals surface area contributed by atoms with Crippen molar-refractivity contribution in [2.24, 2.45) is 17.8 Å². The number of hydrogen-bond donors (Lipinski definition) is 3. The number of carbonyl (C=O) groups is 2. The topological polar surface area (TPSA) is 86.6 Å². The Morgan fingerprint density at radius 2 is 1.97 bits per heavy atom. The number of amides is 1. The smallest absolute Gasteiger partial charge is 0.220 e. The van der Waals surface area contributed by atoms with Gasteiger partial charge < -0.3 is 15.5 Å². The molecule has 1 unspecified atom stereocenters. The van der Waals surface area contributed by atoms with Crippen molar-refractivity contribution in [1.29, 1.82) is 0 Å². The van der Waals surface area contributed by atoms with E-state index in [0.717, 1.165) is 25.8 Å². The van der Waals surface area contributed by atoms with Gasteiger partial charge in [0.25, 0.3) is 0 Å². The van der Waals surface area contributed by atoms with Crippen molar-refractivity contribution in [1.82, 2.24) is 5.32 Å². The Hall–Kier alpha value is -2.24. The molecule has 32 heavy (non-hydrogen) atoms. The number of ketones is 1. The van der Waals surface area contributed by atoms with Crippen LogP contribution in [0, 0.1) is 17.8 Å². The van der Waals surface area contributed by atoms with Gasteiger partial charge >= 0.3 is 0 Å². The second-order valence-electron chi connectivity index (χ2n) is 9.24. The summed E-state index contributed by atoms with van der Waals surface area (Å²) in [4.78, 5) is 24.1. The van der Waals surface area contributed by atoms with Gasteiger partial charge in [0.1, 0.15) is 5.78 Å². The Bertz CT molecular complexity index is 784. The molecule has 1 aromatic rings. The summed E-state index contributed by atoms with van der Waals surface area (Å²) in [7, 11) is 0. The van der Waals surface area contributed by atoms with Gasteiger partial charge in [-0.15, -0.1) is 0 Å². The number of benzene rings is 1. The lowest BCUT2D eigenvalue weighted by Gasteiger charge is -2.16. The predicted molar refractivity (Wildman–Crippen MR) is 126 cm³/mol. The van der Waals surface area contributed by atoms with Gasteiger partial charge in [0, 0.05) is 31.2 Å². The fraction of sp³-hybridized carbons (Fsp3) is 0.556. The van der Waals surface area contributed by atoms with Crippen molar-refractivity contribution in [3.63, 3.8) is 0 Å². The van der Waals surface area contributed by atoms with E-state index in [1.807, 2.05) is 48.6 Å². The molecule has 0 radical (unpaired) electrons. The number of unbranched alkanes of at least 4 members (excludes halogenated alkanes) is 1. The lowest BCUT2D eigenvalue weighted by Crippen LogP contribution is -2.24. The molecule has 0 spiro atoms. The van der Waals surface area contributed by atoms with Crippen molar-refractivity contribution < 1.29 is 19.8 Å². The lowest BCUT2D eigenvalue weighted by atomic mass is 9.90. The standard InChI is InChI=1S/C27H37NO4/c29-22(15-14-20-8-4-3-5-9-20)16-17-24-23(25(30)18-26(24)31)10-6-1-2-7-11-27(32)28-19-21-12-13-21/h1,3-6,8-9,16-17,21-24,26,29,31H,2,7,10-15,18-19H2,(H,28,32)/b6-1-,17-16+/t22-,23+,24?,26+/m0/s1. The number of aryl methyl sites for hydroxylation is 1. The van der Waals surface area contributed by atoms with Crippen LogP contribution in [0.5, 0.6) is 0 Å². The Balaban J connectivity index is 1.37. The van der Waals surface area contributed by atoms with E-state index in [-0.39, 0.29) is 29.9 Å². The van der Waals surface area contributed by atoms with E-state index in [0.29, 0.717) is 25.2 Å². The molecule has 0 aliphatic heterocycles. The van der Waals surface area contributed by atoms with E-state index >= 15 is 0 Å². The van der Waals surface area contributed by atoms with Crippen molar-refractivity contribution in [2.75, 3.05) is 6.54 Å². The number of nitrogens with one attached hydrogen (secondary N) is 1. The van der Waals surface area contributed by atoms with Crippen molar-refractivity contribution in [2.45, 2.75) is 70.0 Å². The molecule has 2 fully saturated rings. The summed E-state index contributed by atoms with van der Waals surface area (Å²) in [5, 5.41) is 23.6. The molecule has 0 heterocycles. The number of aliphatic hydroxyl groups excluding tert-OH is 2. The summed E-state index contributed by atoms with van der Waals surface area (Å²) in [5.74, 6) is 0.392. The first-order valence-corrected chi connectivity index (χ1v) is 12.1. The number of allylic oxidation sites excluding steroid dienone is 2. The first-order chi connectivity index (χ1) is 15.5. The summed E-state index contributed by atoms with van der Waals surface area (Å²) in [6.45, 7) is 0.816. The van der Waals surface area contributed by atoms with Crippen LogP contribution in [0.25, 0.3) is 0 Å². The van der Waals surface area contributed by atoms with Gasteiger partial charge in [0.2, 0.25) is 5.91 Å². The van der Waals surface area contributed by atoms with Gasteiger partial charge in [0.05, 0.1) is 12.2 Å². The molecule has 1 aromatic carbocycles. The Labute approximate surface area is 191 Å². The maximum atomic E-state index is 12.3. The van der Waals surface area contributed by atoms with Gasteiger partial charge in [-0.2, -0.15) is 0 Å². The minimum absolute atomic E-state index is 0.0787. The highest BCUT2D eigenvalue weighted by Crippen LogP contribution is 2.33. The molecule has 2 aliphatic rings. The monoisotopic (exact) mass is 439 g/mol. The Morgan fingerprint density at radius 3 is 2.72 bits per heavy atom. The maximum Gasteiger partial charge on any atom is 0.220 e. The SMILES string of the molecule is O=C(CCC/C=C\C[C@H]1C(=O)C[C@@H](O)C1/C=C/[C@@H](O)CCc1ccccc1)NCC1CC1. The third-order valence-corrected chi connectivity index (χ3v) is 6.48. The van der Waals surface area contributed by atoms with Gasteiger partial charge in [-0.05, 0) is 56.4 Å². The zero-order chi connectivity index (χ0) is 22.8. The van der Waals surface area contributed by atoms with Crippen LogP contribution in [0.3, 0.4) is 0 Å². The van der Waals surface area contributed by atoms with E-state index < -0.39 is 12.2 Å². The highest BCUT2D eigenvalue weighted by Gasteiger charge is 2.39. The molecule has 0 saturated heterocycles. The quantitative estimate of drug-likeness (QED) is 0.323. The van der Waals surface area contributed by atoms with Crippen molar-refractivity contribution in [3.05, 3.63) is 60.2 Å². The summed E-state index contributed by atoms with van der Waals surface area (Å²) in [6, 6.07) is 10.0. The number of carbonyl (C=O) groups excluding carboxylic acids is 2. The number of aliphatic hydroxyl groups is 2. The number of rotatable bonds is 13. The van der Waals surface area contributed by atoms with Gasteiger partial charge in [0.15, 0.2) is 0 Å². The zero-order valence-electron chi connectivity index (χ0n) is 18.9. The Kier molecular flexibility index (Phi) is 9.69. The predicted octanol–water partition coefficient (Wildman–Crippen LogP) is 3.75. The van der Waals surface area contributed by atoms with Crippen LogP contribution in [0.15, 0.2) is 54.6 Å². The average molecular weight is 440 g/mol. The van der Waals surface area contributed by atoms with Crippen LogP contribution in [0.4, 0.5) is 0 Å². The fourth-order valence-corrected chi connectivity index (χ4v) is 4.25. The highest BCUT2D eigenvalue weighted by molar-refractivity contribution is 5.84. The highest BCUT2D eigenvalue weighted by atomic mass is 16.3. The molecule has 5 heteroatoms. The molecule has 3 N–H and O–H groups in total. The number of Topliss-reactive ketones (excluding diaryl/α,β-unsaturated/α-hetero) is 1. The first-order valence-electron chi connectivity index (χ1n) is 12.1. The summed E-state index contributed by atoms with van der Waals surface area (Å²) >= 11 is 0. The van der Waals surface area contributed by atoms with Crippen LogP contribution in [-0.2, 0) is 16.0 Å². The van der Waals surface area contributed by atoms with E-state index in [2.05, 4.69) is 5.32 Å². The summed E-state index contributed by atoms with van der Waals surface area (Å²) in [6.07, 6.45) is 13.0. The molecule has 5 nitrogen and oxygen atoms in total. The van der Waals surface area contributed by atoms with Gasteiger partial charge in [-0.3, -0.25) is 9.59 Å². The normalized spacial score (nSPS) is 24.4. The largest absolute Gasteiger partial charge is 0.392 e. The Morgan fingerprint density at radius 1 is 1.19 bits per heavy atom. The number of hydrogen-bond acceptors (Lipinski definition) is 4.